The van der Waals surface area contributed by atoms with Crippen molar-refractivity contribution in [1.29, 1.82) is 0 Å². The molecule has 1 N–H and O–H groups in total. The highest BCUT2D eigenvalue weighted by Crippen LogP contribution is 2.50. The Hall–Kier alpha value is -4.20. The molecule has 0 atom stereocenters. The summed E-state index contributed by atoms with van der Waals surface area (Å²) in [4.78, 5) is 41.4. The monoisotopic (exact) mass is 401 g/mol. The van der Waals surface area contributed by atoms with E-state index in [0.29, 0.717) is 33.3 Å². The number of hydrogen-bond donors (Lipinski definition) is 1. The maximum absolute atomic E-state index is 13.1. The van der Waals surface area contributed by atoms with Gasteiger partial charge in [-0.05, 0) is 24.3 Å². The Morgan fingerprint density at radius 2 is 1.63 bits per heavy atom. The minimum absolute atomic E-state index is 0.0104. The number of anilines is 2. The molecule has 3 heterocycles. The Morgan fingerprint density at radius 3 is 2.37 bits per heavy atom. The highest BCUT2D eigenvalue weighted by atomic mass is 16.5. The molecule has 0 bridgehead atoms. The molecule has 0 amide bonds. The van der Waals surface area contributed by atoms with E-state index in [-0.39, 0.29) is 17.3 Å². The number of carbonyl (C=O) groups excluding carboxylic acids is 2. The molecule has 0 saturated carbocycles. The fourth-order valence-corrected chi connectivity index (χ4v) is 3.66. The molecule has 0 spiro atoms. The van der Waals surface area contributed by atoms with E-state index in [1.54, 1.807) is 30.3 Å². The normalized spacial score (nSPS) is 11.9. The van der Waals surface area contributed by atoms with Gasteiger partial charge in [-0.25, -0.2) is 9.55 Å². The van der Waals surface area contributed by atoms with Crippen LogP contribution in [0.2, 0.25) is 0 Å². The molecule has 8 heteroatoms. The Labute approximate surface area is 169 Å². The summed E-state index contributed by atoms with van der Waals surface area (Å²) >= 11 is 0. The second-order valence-corrected chi connectivity index (χ2v) is 6.84. The predicted octanol–water partition coefficient (Wildman–Crippen LogP) is 3.98. The van der Waals surface area contributed by atoms with Crippen LogP contribution in [0.15, 0.2) is 53.3 Å². The quantitative estimate of drug-likeness (QED) is 0.424. The topological polar surface area (TPSA) is 99.5 Å². The van der Waals surface area contributed by atoms with E-state index >= 15 is 0 Å². The van der Waals surface area contributed by atoms with Gasteiger partial charge in [-0.2, -0.15) is 0 Å². The average Bonchev–Trinajstić information content (AvgIpc) is 2.72. The lowest BCUT2D eigenvalue weighted by atomic mass is 10.1. The fourth-order valence-electron chi connectivity index (χ4n) is 3.66. The van der Waals surface area contributed by atoms with Gasteiger partial charge in [0, 0.05) is 24.6 Å². The Kier molecular flexibility index (Phi) is 3.82. The Bertz CT molecular complexity index is 1460. The maximum atomic E-state index is 13.1. The highest BCUT2D eigenvalue weighted by Gasteiger charge is 2.30. The molecule has 5 rings (SSSR count). The zero-order valence-corrected chi connectivity index (χ0v) is 16.1. The number of para-hydroxylation sites is 2. The van der Waals surface area contributed by atoms with Crippen LogP contribution in [0.1, 0.15) is 18.6 Å². The molecular formula is C22H15N3O5. The minimum Gasteiger partial charge on any atom is -0.451 e. The molecule has 0 aliphatic carbocycles. The van der Waals surface area contributed by atoms with Gasteiger partial charge in [0.1, 0.15) is 11.4 Å². The molecule has 1 aliphatic rings. The lowest BCUT2D eigenvalue weighted by molar-refractivity contribution is -0.132. The summed E-state index contributed by atoms with van der Waals surface area (Å²) in [7, 11) is 0. The van der Waals surface area contributed by atoms with E-state index in [2.05, 4.69) is 10.3 Å². The van der Waals surface area contributed by atoms with Gasteiger partial charge in [-0.3, -0.25) is 14.4 Å². The second kappa shape index (κ2) is 6.41. The summed E-state index contributed by atoms with van der Waals surface area (Å²) in [6.07, 6.45) is 0. The van der Waals surface area contributed by atoms with Gasteiger partial charge < -0.3 is 14.8 Å². The van der Waals surface area contributed by atoms with Crippen molar-refractivity contribution in [2.24, 2.45) is 0 Å². The Morgan fingerprint density at radius 1 is 0.967 bits per heavy atom. The molecule has 2 aromatic heterocycles. The first-order chi connectivity index (χ1) is 14.5. The first-order valence-electron chi connectivity index (χ1n) is 9.20. The largest absolute Gasteiger partial charge is 0.451 e. The van der Waals surface area contributed by atoms with E-state index in [0.717, 1.165) is 4.57 Å². The number of rotatable bonds is 1. The summed E-state index contributed by atoms with van der Waals surface area (Å²) in [5, 5.41) is 4.29. The second-order valence-electron chi connectivity index (χ2n) is 6.84. The standard InChI is InChI=1S/C22H15N3O5/c1-11(26)25-16-10-6-4-8-14(16)20-18(22(25)28)24-17-19(30-20)13-7-3-5-9-15(13)23-21(17)29-12(2)27/h3-10,24H,1-2H3. The third-order valence-corrected chi connectivity index (χ3v) is 4.85. The molecule has 0 saturated heterocycles. The third-order valence-electron chi connectivity index (χ3n) is 4.85. The first-order valence-corrected chi connectivity index (χ1v) is 9.20. The first kappa shape index (κ1) is 17.9. The van der Waals surface area contributed by atoms with E-state index in [9.17, 15) is 14.4 Å². The summed E-state index contributed by atoms with van der Waals surface area (Å²) in [6, 6.07) is 14.2. The number of benzene rings is 2. The molecule has 4 aromatic rings. The summed E-state index contributed by atoms with van der Waals surface area (Å²) in [6.45, 7) is 2.58. The number of esters is 1. The van der Waals surface area contributed by atoms with Crippen LogP contribution in [-0.4, -0.2) is 21.4 Å². The number of hydrogen-bond acceptors (Lipinski definition) is 7. The molecular weight excluding hydrogens is 386 g/mol. The SMILES string of the molecule is CC(=O)Oc1nc2ccccc2c2c1Nc1c(c3ccccc3n(C(C)=O)c1=O)O2. The van der Waals surface area contributed by atoms with Crippen LogP contribution in [0.25, 0.3) is 21.8 Å². The van der Waals surface area contributed by atoms with Crippen LogP contribution in [-0.2, 0) is 4.79 Å². The number of fused-ring (bicyclic) bond motifs is 6. The van der Waals surface area contributed by atoms with Crippen molar-refractivity contribution >= 4 is 45.1 Å². The molecule has 2 aromatic carbocycles. The minimum atomic E-state index is -0.566. The fraction of sp³-hybridized carbons (Fsp3) is 0.0909. The van der Waals surface area contributed by atoms with Gasteiger partial charge in [0.05, 0.1) is 11.0 Å². The van der Waals surface area contributed by atoms with Crippen LogP contribution >= 0.6 is 0 Å². The van der Waals surface area contributed by atoms with E-state index in [4.69, 9.17) is 9.47 Å². The third kappa shape index (κ3) is 2.54. The molecule has 30 heavy (non-hydrogen) atoms. The van der Waals surface area contributed by atoms with E-state index < -0.39 is 17.4 Å². The molecule has 1 aliphatic heterocycles. The molecule has 0 fully saturated rings. The van der Waals surface area contributed by atoms with Gasteiger partial charge in [0.2, 0.25) is 5.91 Å². The molecule has 0 radical (unpaired) electrons. The van der Waals surface area contributed by atoms with Crippen molar-refractivity contribution in [3.8, 4) is 17.4 Å². The zero-order valence-electron chi connectivity index (χ0n) is 16.1. The molecule has 8 nitrogen and oxygen atoms in total. The van der Waals surface area contributed by atoms with Gasteiger partial charge in [0.25, 0.3) is 11.4 Å². The lowest BCUT2D eigenvalue weighted by Gasteiger charge is -2.25. The molecule has 148 valence electrons. The van der Waals surface area contributed by atoms with Gasteiger partial charge >= 0.3 is 5.97 Å². The van der Waals surface area contributed by atoms with Crippen LogP contribution < -0.4 is 20.3 Å². The van der Waals surface area contributed by atoms with Crippen molar-refractivity contribution in [3.63, 3.8) is 0 Å². The van der Waals surface area contributed by atoms with Crippen molar-refractivity contribution in [1.82, 2.24) is 9.55 Å². The van der Waals surface area contributed by atoms with Crippen LogP contribution in [0.4, 0.5) is 11.4 Å². The van der Waals surface area contributed by atoms with Crippen LogP contribution in [0.5, 0.6) is 17.4 Å². The van der Waals surface area contributed by atoms with Gasteiger partial charge in [0.15, 0.2) is 11.5 Å². The van der Waals surface area contributed by atoms with E-state index in [1.165, 1.54) is 13.8 Å². The lowest BCUT2D eigenvalue weighted by Crippen LogP contribution is -2.29. The maximum Gasteiger partial charge on any atom is 0.309 e. The number of carbonyl (C=O) groups is 2. The van der Waals surface area contributed by atoms with Gasteiger partial charge in [-0.1, -0.05) is 24.3 Å². The number of pyridine rings is 2. The van der Waals surface area contributed by atoms with Crippen molar-refractivity contribution in [2.75, 3.05) is 5.32 Å². The number of aromatic nitrogens is 2. The highest BCUT2D eigenvalue weighted by molar-refractivity contribution is 6.02. The van der Waals surface area contributed by atoms with Crippen LogP contribution in [0, 0.1) is 0 Å². The summed E-state index contributed by atoms with van der Waals surface area (Å²) in [5.41, 5.74) is 0.765. The van der Waals surface area contributed by atoms with Crippen molar-refractivity contribution in [3.05, 3.63) is 58.9 Å². The van der Waals surface area contributed by atoms with E-state index in [1.807, 2.05) is 18.2 Å². The summed E-state index contributed by atoms with van der Waals surface area (Å²) < 4.78 is 12.6. The Balaban J connectivity index is 1.86. The predicted molar refractivity (Wildman–Crippen MR) is 111 cm³/mol. The van der Waals surface area contributed by atoms with Gasteiger partial charge in [-0.15, -0.1) is 0 Å². The zero-order chi connectivity index (χ0) is 21.0. The molecule has 0 unspecified atom stereocenters. The average molecular weight is 401 g/mol. The van der Waals surface area contributed by atoms with Crippen molar-refractivity contribution in [2.45, 2.75) is 13.8 Å². The number of nitrogens with zero attached hydrogens (tertiary/aromatic N) is 2. The van der Waals surface area contributed by atoms with Crippen LogP contribution in [0.3, 0.4) is 0 Å². The number of ether oxygens (including phenoxy) is 2. The van der Waals surface area contributed by atoms with Crippen molar-refractivity contribution < 1.29 is 19.1 Å². The number of nitrogens with one attached hydrogen (secondary N) is 1. The summed E-state index contributed by atoms with van der Waals surface area (Å²) in [5.74, 6) is -0.320. The smallest absolute Gasteiger partial charge is 0.309 e.